The predicted octanol–water partition coefficient (Wildman–Crippen LogP) is 2.85. The maximum absolute atomic E-state index is 12.3. The third-order valence-electron chi connectivity index (χ3n) is 4.99. The van der Waals surface area contributed by atoms with Crippen molar-refractivity contribution in [2.75, 3.05) is 24.5 Å². The van der Waals surface area contributed by atoms with E-state index in [4.69, 9.17) is 4.74 Å². The van der Waals surface area contributed by atoms with E-state index in [1.54, 1.807) is 23.4 Å². The molecule has 0 aliphatic carbocycles. The summed E-state index contributed by atoms with van der Waals surface area (Å²) < 4.78 is 5.34. The number of ether oxygens (including phenoxy) is 1. The van der Waals surface area contributed by atoms with Crippen LogP contribution in [0.3, 0.4) is 0 Å². The average Bonchev–Trinajstić information content (AvgIpc) is 3.17. The highest BCUT2D eigenvalue weighted by Gasteiger charge is 2.33. The number of ketones is 1. The molecule has 1 aliphatic rings. The van der Waals surface area contributed by atoms with Crippen molar-refractivity contribution >= 4 is 29.8 Å². The maximum atomic E-state index is 12.3. The van der Waals surface area contributed by atoms with Crippen LogP contribution >= 0.6 is 0 Å². The second kappa shape index (κ2) is 11.0. The summed E-state index contributed by atoms with van der Waals surface area (Å²) in [5.41, 5.74) is 3.76. The number of aryl methyl sites for hydroxylation is 1. The molecule has 0 bridgehead atoms. The van der Waals surface area contributed by atoms with Gasteiger partial charge in [-0.05, 0) is 49.4 Å². The molecule has 0 unspecified atom stereocenters. The average molecular weight is 450 g/mol. The number of cyclic esters (lactones) is 1. The van der Waals surface area contributed by atoms with Crippen LogP contribution in [0.4, 0.5) is 10.5 Å². The summed E-state index contributed by atoms with van der Waals surface area (Å²) in [7, 11) is 0. The van der Waals surface area contributed by atoms with Gasteiger partial charge in [-0.2, -0.15) is 0 Å². The Hall–Kier alpha value is -4.01. The Balaban J connectivity index is 1.66. The Kier molecular flexibility index (Phi) is 7.91. The van der Waals surface area contributed by atoms with Crippen LogP contribution in [0.2, 0.25) is 0 Å². The molecule has 2 heterocycles. The number of Topliss-reactive ketones (excluding diaryl/α,β-unsaturated/α-hetero) is 1. The van der Waals surface area contributed by atoms with Crippen molar-refractivity contribution in [3.63, 3.8) is 0 Å². The van der Waals surface area contributed by atoms with Gasteiger partial charge in [0.1, 0.15) is 18.3 Å². The SMILES string of the molecule is C/C=C\NC=NCC(=O)c1ccc(-c2ccc(N3C[C@H](CNC(C)=O)OC3=O)c(C)c2)cn1. The highest BCUT2D eigenvalue weighted by Crippen LogP contribution is 2.29. The van der Waals surface area contributed by atoms with Gasteiger partial charge < -0.3 is 15.4 Å². The molecular formula is C24H27N5O4. The molecule has 0 radical (unpaired) electrons. The van der Waals surface area contributed by atoms with Crippen LogP contribution < -0.4 is 15.5 Å². The Morgan fingerprint density at radius 2 is 2.06 bits per heavy atom. The van der Waals surface area contributed by atoms with Crippen molar-refractivity contribution < 1.29 is 19.1 Å². The number of anilines is 1. The number of carbonyl (C=O) groups is 3. The van der Waals surface area contributed by atoms with Gasteiger partial charge in [-0.3, -0.25) is 24.5 Å². The molecule has 172 valence electrons. The normalized spacial score (nSPS) is 15.8. The fourth-order valence-electron chi connectivity index (χ4n) is 3.35. The lowest BCUT2D eigenvalue weighted by Gasteiger charge is -2.17. The number of amides is 2. The van der Waals surface area contributed by atoms with Gasteiger partial charge in [0.2, 0.25) is 11.7 Å². The van der Waals surface area contributed by atoms with Crippen LogP contribution in [0.5, 0.6) is 0 Å². The number of aliphatic imine (C=N–C) groups is 1. The summed E-state index contributed by atoms with van der Waals surface area (Å²) in [5.74, 6) is -0.339. The summed E-state index contributed by atoms with van der Waals surface area (Å²) in [4.78, 5) is 45.5. The smallest absolute Gasteiger partial charge is 0.414 e. The van der Waals surface area contributed by atoms with Crippen LogP contribution in [0.1, 0.15) is 29.9 Å². The van der Waals surface area contributed by atoms with Gasteiger partial charge in [0.05, 0.1) is 25.1 Å². The summed E-state index contributed by atoms with van der Waals surface area (Å²) in [6.45, 7) is 5.87. The summed E-state index contributed by atoms with van der Waals surface area (Å²) >= 11 is 0. The highest BCUT2D eigenvalue weighted by molar-refractivity contribution is 5.96. The van der Waals surface area contributed by atoms with Gasteiger partial charge in [0.25, 0.3) is 0 Å². The molecule has 2 N–H and O–H groups in total. The quantitative estimate of drug-likeness (QED) is 0.346. The van der Waals surface area contributed by atoms with Gasteiger partial charge >= 0.3 is 6.09 Å². The minimum absolute atomic E-state index is 0.0135. The number of rotatable bonds is 9. The van der Waals surface area contributed by atoms with Gasteiger partial charge in [0.15, 0.2) is 0 Å². The Bertz CT molecular complexity index is 1080. The zero-order valence-electron chi connectivity index (χ0n) is 18.9. The number of hydrogen-bond donors (Lipinski definition) is 2. The van der Waals surface area contributed by atoms with Gasteiger partial charge in [0, 0.05) is 18.7 Å². The highest BCUT2D eigenvalue weighted by atomic mass is 16.6. The summed E-state index contributed by atoms with van der Waals surface area (Å²) in [6.07, 6.45) is 5.83. The van der Waals surface area contributed by atoms with Crippen molar-refractivity contribution in [3.8, 4) is 11.1 Å². The number of aromatic nitrogens is 1. The number of pyridine rings is 1. The minimum Gasteiger partial charge on any atom is -0.442 e. The Morgan fingerprint density at radius 3 is 2.73 bits per heavy atom. The number of nitrogens with zero attached hydrogens (tertiary/aromatic N) is 3. The molecule has 9 heteroatoms. The lowest BCUT2D eigenvalue weighted by molar-refractivity contribution is -0.119. The second-order valence-electron chi connectivity index (χ2n) is 7.55. The van der Waals surface area contributed by atoms with E-state index in [0.717, 1.165) is 22.4 Å². The van der Waals surface area contributed by atoms with Crippen LogP contribution in [-0.4, -0.2) is 54.8 Å². The zero-order chi connectivity index (χ0) is 23.8. The van der Waals surface area contributed by atoms with E-state index in [2.05, 4.69) is 20.6 Å². The van der Waals surface area contributed by atoms with Crippen molar-refractivity contribution in [2.24, 2.45) is 4.99 Å². The topological polar surface area (TPSA) is 113 Å². The molecule has 0 spiro atoms. The number of carbonyl (C=O) groups excluding carboxylic acids is 3. The van der Waals surface area contributed by atoms with Gasteiger partial charge in [-0.25, -0.2) is 4.79 Å². The van der Waals surface area contributed by atoms with E-state index in [1.807, 2.05) is 44.2 Å². The number of allylic oxidation sites excluding steroid dienone is 1. The predicted molar refractivity (Wildman–Crippen MR) is 126 cm³/mol. The maximum Gasteiger partial charge on any atom is 0.414 e. The molecule has 1 saturated heterocycles. The molecular weight excluding hydrogens is 422 g/mol. The Labute approximate surface area is 192 Å². The molecule has 3 rings (SSSR count). The summed E-state index contributed by atoms with van der Waals surface area (Å²) in [5, 5.41) is 5.49. The van der Waals surface area contributed by atoms with Gasteiger partial charge in [-0.15, -0.1) is 0 Å². The first-order chi connectivity index (χ1) is 15.9. The fraction of sp³-hybridized carbons (Fsp3) is 0.292. The molecule has 33 heavy (non-hydrogen) atoms. The van der Waals surface area contributed by atoms with Crippen LogP contribution in [0, 0.1) is 6.92 Å². The largest absolute Gasteiger partial charge is 0.442 e. The molecule has 0 saturated carbocycles. The van der Waals surface area contributed by atoms with E-state index in [9.17, 15) is 14.4 Å². The first-order valence-corrected chi connectivity index (χ1v) is 10.6. The fourth-order valence-corrected chi connectivity index (χ4v) is 3.35. The standard InChI is InChI=1S/C24H27N5O4/c1-4-9-25-15-26-13-23(31)21-7-5-19(11-28-21)18-6-8-22(16(2)10-18)29-14-20(33-24(29)32)12-27-17(3)30/h4-11,15,20H,12-14H2,1-3H3,(H,25,26)(H,27,30)/b9-4-/t20-/m0/s1. The van der Waals surface area contributed by atoms with Crippen molar-refractivity contribution in [1.29, 1.82) is 0 Å². The first kappa shape index (κ1) is 23.6. The number of benzene rings is 1. The minimum atomic E-state index is -0.436. The van der Waals surface area contributed by atoms with Crippen molar-refractivity contribution in [1.82, 2.24) is 15.6 Å². The summed E-state index contributed by atoms with van der Waals surface area (Å²) in [6, 6.07) is 9.23. The van der Waals surface area contributed by atoms with E-state index < -0.39 is 12.2 Å². The molecule has 1 aromatic heterocycles. The van der Waals surface area contributed by atoms with Crippen LogP contribution in [-0.2, 0) is 9.53 Å². The number of nitrogens with one attached hydrogen (secondary N) is 2. The third kappa shape index (κ3) is 6.25. The molecule has 2 aromatic rings. The third-order valence-corrected chi connectivity index (χ3v) is 4.99. The molecule has 1 atom stereocenters. The molecule has 1 aromatic carbocycles. The Morgan fingerprint density at radius 1 is 1.27 bits per heavy atom. The second-order valence-corrected chi connectivity index (χ2v) is 7.55. The van der Waals surface area contributed by atoms with Crippen molar-refractivity contribution in [3.05, 3.63) is 60.1 Å². The van der Waals surface area contributed by atoms with E-state index in [0.29, 0.717) is 12.2 Å². The van der Waals surface area contributed by atoms with Crippen molar-refractivity contribution in [2.45, 2.75) is 26.9 Å². The van der Waals surface area contributed by atoms with Crippen LogP contribution in [0.15, 0.2) is 53.8 Å². The molecule has 9 nitrogen and oxygen atoms in total. The lowest BCUT2D eigenvalue weighted by Crippen LogP contribution is -2.33. The monoisotopic (exact) mass is 449 g/mol. The zero-order valence-corrected chi connectivity index (χ0v) is 18.9. The van der Waals surface area contributed by atoms with E-state index in [1.165, 1.54) is 13.3 Å². The molecule has 1 fully saturated rings. The van der Waals surface area contributed by atoms with Gasteiger partial charge in [-0.1, -0.05) is 18.2 Å². The molecule has 2 amide bonds. The lowest BCUT2D eigenvalue weighted by atomic mass is 10.0. The van der Waals surface area contributed by atoms with E-state index in [-0.39, 0.29) is 24.8 Å². The number of hydrogen-bond acceptors (Lipinski definition) is 6. The molecule has 1 aliphatic heterocycles. The first-order valence-electron chi connectivity index (χ1n) is 10.6. The van der Waals surface area contributed by atoms with E-state index >= 15 is 0 Å². The van der Waals surface area contributed by atoms with Crippen LogP contribution in [0.25, 0.3) is 11.1 Å².